The lowest BCUT2D eigenvalue weighted by Crippen LogP contribution is -2.56. The van der Waals surface area contributed by atoms with E-state index in [1.54, 1.807) is 0 Å². The molecule has 1 fully saturated rings. The Bertz CT molecular complexity index is 787. The Hall–Kier alpha value is -3.22. The molecule has 34 heavy (non-hydrogen) atoms. The quantitative estimate of drug-likeness (QED) is 0.169. The molecule has 0 saturated carbocycles. The molecule has 1 saturated heterocycles. The van der Waals surface area contributed by atoms with Gasteiger partial charge in [-0.2, -0.15) is 0 Å². The van der Waals surface area contributed by atoms with Gasteiger partial charge in [-0.25, -0.2) is 4.79 Å². The third kappa shape index (κ3) is 9.33. The molecular formula is C21H35N5O8. The van der Waals surface area contributed by atoms with Crippen LogP contribution in [0.5, 0.6) is 0 Å². The maximum Gasteiger partial charge on any atom is 0.326 e. The number of carboxylic acids is 2. The number of likely N-dealkylation sites (tertiary alicyclic amines) is 1. The van der Waals surface area contributed by atoms with Gasteiger partial charge in [0.05, 0.1) is 6.04 Å². The Morgan fingerprint density at radius 3 is 2.15 bits per heavy atom. The van der Waals surface area contributed by atoms with E-state index in [2.05, 4.69) is 10.6 Å². The van der Waals surface area contributed by atoms with Crippen LogP contribution in [0.3, 0.4) is 0 Å². The van der Waals surface area contributed by atoms with E-state index < -0.39 is 60.2 Å². The molecule has 0 bridgehead atoms. The van der Waals surface area contributed by atoms with Gasteiger partial charge in [-0.1, -0.05) is 13.8 Å². The molecule has 1 aliphatic heterocycles. The van der Waals surface area contributed by atoms with Crippen molar-refractivity contribution in [3.05, 3.63) is 0 Å². The summed E-state index contributed by atoms with van der Waals surface area (Å²) in [6, 6.07) is -4.47. The first-order valence-corrected chi connectivity index (χ1v) is 11.2. The average Bonchev–Trinajstić information content (AvgIpc) is 3.22. The summed E-state index contributed by atoms with van der Waals surface area (Å²) >= 11 is 0. The third-order valence-electron chi connectivity index (χ3n) is 5.45. The molecule has 0 aromatic carbocycles. The number of nitrogens with one attached hydrogen (secondary N) is 2. The van der Waals surface area contributed by atoms with Gasteiger partial charge in [0.1, 0.15) is 18.1 Å². The van der Waals surface area contributed by atoms with Gasteiger partial charge in [-0.15, -0.1) is 0 Å². The van der Waals surface area contributed by atoms with Crippen LogP contribution in [0, 0.1) is 5.92 Å². The Kier molecular flexibility index (Phi) is 11.4. The fraction of sp³-hybridized carbons (Fsp3) is 0.714. The summed E-state index contributed by atoms with van der Waals surface area (Å²) in [7, 11) is 0. The number of carbonyl (C=O) groups is 6. The van der Waals surface area contributed by atoms with Crippen LogP contribution >= 0.6 is 0 Å². The molecule has 4 atom stereocenters. The molecule has 13 heteroatoms. The zero-order valence-corrected chi connectivity index (χ0v) is 19.5. The van der Waals surface area contributed by atoms with Crippen LogP contribution in [0.25, 0.3) is 0 Å². The number of nitrogens with zero attached hydrogens (tertiary/aromatic N) is 1. The Morgan fingerprint density at radius 1 is 1.00 bits per heavy atom. The summed E-state index contributed by atoms with van der Waals surface area (Å²) in [4.78, 5) is 73.2. The van der Waals surface area contributed by atoms with Crippen LogP contribution in [-0.2, 0) is 28.8 Å². The van der Waals surface area contributed by atoms with Crippen molar-refractivity contribution in [3.63, 3.8) is 0 Å². The number of nitrogens with two attached hydrogens (primary N) is 2. The topological polar surface area (TPSA) is 222 Å². The molecule has 1 aliphatic rings. The predicted octanol–water partition coefficient (Wildman–Crippen LogP) is -1.46. The first kappa shape index (κ1) is 28.8. The lowest BCUT2D eigenvalue weighted by atomic mass is 10.0. The van der Waals surface area contributed by atoms with Crippen LogP contribution in [-0.4, -0.2) is 81.4 Å². The van der Waals surface area contributed by atoms with Crippen molar-refractivity contribution in [2.75, 3.05) is 6.54 Å². The van der Waals surface area contributed by atoms with Crippen LogP contribution in [0.2, 0.25) is 0 Å². The van der Waals surface area contributed by atoms with Crippen molar-refractivity contribution in [2.45, 2.75) is 83.0 Å². The summed E-state index contributed by atoms with van der Waals surface area (Å²) in [5.41, 5.74) is 11.0. The summed E-state index contributed by atoms with van der Waals surface area (Å²) < 4.78 is 0. The van der Waals surface area contributed by atoms with E-state index in [1.807, 2.05) is 13.8 Å². The number of carboxylic acid groups (broad SMARTS) is 2. The highest BCUT2D eigenvalue weighted by molar-refractivity contribution is 5.94. The van der Waals surface area contributed by atoms with Crippen LogP contribution in [0.1, 0.15) is 58.8 Å². The van der Waals surface area contributed by atoms with Crippen molar-refractivity contribution in [3.8, 4) is 0 Å². The normalized spacial score (nSPS) is 18.1. The largest absolute Gasteiger partial charge is 0.481 e. The molecule has 0 aliphatic carbocycles. The van der Waals surface area contributed by atoms with Gasteiger partial charge in [0.2, 0.25) is 23.6 Å². The highest BCUT2D eigenvalue weighted by Gasteiger charge is 2.38. The molecule has 192 valence electrons. The van der Waals surface area contributed by atoms with Gasteiger partial charge in [-0.05, 0) is 38.0 Å². The van der Waals surface area contributed by atoms with E-state index in [4.69, 9.17) is 16.6 Å². The minimum Gasteiger partial charge on any atom is -0.481 e. The molecule has 13 nitrogen and oxygen atoms in total. The summed E-state index contributed by atoms with van der Waals surface area (Å²) in [6.45, 7) is 4.16. The molecule has 4 amide bonds. The molecule has 0 radical (unpaired) electrons. The number of aliphatic carboxylic acids is 2. The van der Waals surface area contributed by atoms with Gasteiger partial charge >= 0.3 is 11.9 Å². The predicted molar refractivity (Wildman–Crippen MR) is 119 cm³/mol. The summed E-state index contributed by atoms with van der Waals surface area (Å²) in [5, 5.41) is 23.0. The van der Waals surface area contributed by atoms with E-state index in [9.17, 15) is 33.9 Å². The maximum absolute atomic E-state index is 12.9. The second-order valence-electron chi connectivity index (χ2n) is 8.82. The van der Waals surface area contributed by atoms with Crippen molar-refractivity contribution < 1.29 is 39.0 Å². The van der Waals surface area contributed by atoms with Crippen molar-refractivity contribution in [1.29, 1.82) is 0 Å². The van der Waals surface area contributed by atoms with Gasteiger partial charge in [0, 0.05) is 19.4 Å². The van der Waals surface area contributed by atoms with E-state index in [1.165, 1.54) is 4.90 Å². The van der Waals surface area contributed by atoms with E-state index >= 15 is 0 Å². The molecular weight excluding hydrogens is 450 g/mol. The summed E-state index contributed by atoms with van der Waals surface area (Å²) in [6.07, 6.45) is 0.00357. The second kappa shape index (κ2) is 13.5. The average molecular weight is 486 g/mol. The zero-order chi connectivity index (χ0) is 26.0. The van der Waals surface area contributed by atoms with Gasteiger partial charge in [0.15, 0.2) is 0 Å². The van der Waals surface area contributed by atoms with Crippen LogP contribution in [0.4, 0.5) is 0 Å². The summed E-state index contributed by atoms with van der Waals surface area (Å²) in [5.74, 6) is -5.16. The standard InChI is InChI=1S/C21H35N5O8/c1-11(2)10-12(22)20(32)26-9-3-4-15(26)19(31)24-13(6-8-17(28)29)18(30)25-14(21(33)34)5-7-16(23)27/h11-15H,3-10,22H2,1-2H3,(H2,23,27)(H,24,31)(H,25,30)(H,28,29)(H,33,34). The first-order chi connectivity index (χ1) is 15.8. The fourth-order valence-corrected chi connectivity index (χ4v) is 3.75. The molecule has 8 N–H and O–H groups in total. The number of hydrogen-bond acceptors (Lipinski definition) is 7. The lowest BCUT2D eigenvalue weighted by Gasteiger charge is -2.29. The van der Waals surface area contributed by atoms with Crippen LogP contribution < -0.4 is 22.1 Å². The molecule has 1 rings (SSSR count). The highest BCUT2D eigenvalue weighted by atomic mass is 16.4. The number of hydrogen-bond donors (Lipinski definition) is 6. The van der Waals surface area contributed by atoms with E-state index in [-0.39, 0.29) is 31.1 Å². The maximum atomic E-state index is 12.9. The molecule has 0 spiro atoms. The number of carbonyl (C=O) groups excluding carboxylic acids is 4. The van der Waals surface area contributed by atoms with Crippen molar-refractivity contribution in [2.24, 2.45) is 17.4 Å². The Labute approximate surface area is 197 Å². The number of primary amides is 1. The molecule has 0 aromatic heterocycles. The molecule has 0 aromatic rings. The monoisotopic (exact) mass is 485 g/mol. The van der Waals surface area contributed by atoms with Gasteiger partial charge in [-0.3, -0.25) is 24.0 Å². The Balaban J connectivity index is 2.94. The van der Waals surface area contributed by atoms with Gasteiger partial charge in [0.25, 0.3) is 0 Å². The first-order valence-electron chi connectivity index (χ1n) is 11.2. The minimum absolute atomic E-state index is 0.176. The van der Waals surface area contributed by atoms with E-state index in [0.29, 0.717) is 25.8 Å². The fourth-order valence-electron chi connectivity index (χ4n) is 3.75. The SMILES string of the molecule is CC(C)CC(N)C(=O)N1CCCC1C(=O)NC(CCC(=O)O)C(=O)NC(CCC(N)=O)C(=O)O. The van der Waals surface area contributed by atoms with Crippen molar-refractivity contribution >= 4 is 35.6 Å². The van der Waals surface area contributed by atoms with Crippen molar-refractivity contribution in [1.82, 2.24) is 15.5 Å². The lowest BCUT2D eigenvalue weighted by molar-refractivity contribution is -0.144. The second-order valence-corrected chi connectivity index (χ2v) is 8.82. The molecule has 1 heterocycles. The smallest absolute Gasteiger partial charge is 0.326 e. The van der Waals surface area contributed by atoms with Crippen LogP contribution in [0.15, 0.2) is 0 Å². The Morgan fingerprint density at radius 2 is 1.62 bits per heavy atom. The highest BCUT2D eigenvalue weighted by Crippen LogP contribution is 2.20. The zero-order valence-electron chi connectivity index (χ0n) is 19.5. The number of rotatable bonds is 14. The third-order valence-corrected chi connectivity index (χ3v) is 5.45. The molecule has 4 unspecified atom stereocenters. The minimum atomic E-state index is -1.46. The van der Waals surface area contributed by atoms with Gasteiger partial charge < -0.3 is 37.2 Å². The van der Waals surface area contributed by atoms with E-state index in [0.717, 1.165) is 0 Å². The number of amides is 4.